The zero-order chi connectivity index (χ0) is 14.7. The molecule has 0 bridgehead atoms. The van der Waals surface area contributed by atoms with Crippen LogP contribution in [0, 0.1) is 5.92 Å². The van der Waals surface area contributed by atoms with Crippen molar-refractivity contribution in [3.63, 3.8) is 0 Å². The van der Waals surface area contributed by atoms with E-state index < -0.39 is 0 Å². The fourth-order valence-electron chi connectivity index (χ4n) is 2.71. The molecule has 1 N–H and O–H groups in total. The summed E-state index contributed by atoms with van der Waals surface area (Å²) >= 11 is 5.95. The molecule has 2 unspecified atom stereocenters. The van der Waals surface area contributed by atoms with Gasteiger partial charge in [0.15, 0.2) is 0 Å². The molecule has 0 heterocycles. The highest BCUT2D eigenvalue weighted by atomic mass is 35.5. The van der Waals surface area contributed by atoms with Crippen molar-refractivity contribution in [3.05, 3.63) is 70.7 Å². The third-order valence-corrected chi connectivity index (χ3v) is 4.19. The van der Waals surface area contributed by atoms with E-state index >= 15 is 0 Å². The number of carbonyl (C=O) groups is 1. The van der Waals surface area contributed by atoms with Crippen LogP contribution in [0.1, 0.15) is 23.5 Å². The van der Waals surface area contributed by atoms with Gasteiger partial charge in [0.2, 0.25) is 5.91 Å². The fourth-order valence-corrected chi connectivity index (χ4v) is 2.92. The molecule has 1 saturated carbocycles. The van der Waals surface area contributed by atoms with Gasteiger partial charge in [0, 0.05) is 17.5 Å². The van der Waals surface area contributed by atoms with Crippen LogP contribution in [0.4, 0.5) is 0 Å². The Morgan fingerprint density at radius 1 is 1.14 bits per heavy atom. The van der Waals surface area contributed by atoms with Crippen molar-refractivity contribution < 1.29 is 4.79 Å². The van der Waals surface area contributed by atoms with E-state index in [0.717, 1.165) is 23.4 Å². The molecule has 2 atom stereocenters. The number of amides is 1. The lowest BCUT2D eigenvalue weighted by Crippen LogP contribution is -2.27. The Hall–Kier alpha value is -1.80. The van der Waals surface area contributed by atoms with Gasteiger partial charge in [-0.15, -0.1) is 0 Å². The first-order valence-electron chi connectivity index (χ1n) is 7.31. The number of benzene rings is 2. The van der Waals surface area contributed by atoms with Crippen LogP contribution < -0.4 is 5.32 Å². The van der Waals surface area contributed by atoms with E-state index in [1.807, 2.05) is 42.5 Å². The van der Waals surface area contributed by atoms with Crippen LogP contribution in [-0.4, -0.2) is 12.5 Å². The second-order valence-electron chi connectivity index (χ2n) is 5.53. The van der Waals surface area contributed by atoms with Crippen LogP contribution in [0.25, 0.3) is 0 Å². The van der Waals surface area contributed by atoms with E-state index in [4.69, 9.17) is 11.6 Å². The van der Waals surface area contributed by atoms with Crippen molar-refractivity contribution in [2.24, 2.45) is 5.92 Å². The van der Waals surface area contributed by atoms with Gasteiger partial charge in [0.05, 0.1) is 0 Å². The summed E-state index contributed by atoms with van der Waals surface area (Å²) < 4.78 is 0. The minimum atomic E-state index is 0.145. The molecule has 2 nitrogen and oxygen atoms in total. The molecule has 3 rings (SSSR count). The van der Waals surface area contributed by atoms with Crippen molar-refractivity contribution in [1.82, 2.24) is 5.32 Å². The van der Waals surface area contributed by atoms with Gasteiger partial charge >= 0.3 is 0 Å². The summed E-state index contributed by atoms with van der Waals surface area (Å²) in [5.74, 6) is 0.718. The Morgan fingerprint density at radius 3 is 2.71 bits per heavy atom. The third-order valence-electron chi connectivity index (χ3n) is 3.96. The minimum absolute atomic E-state index is 0.145. The molecule has 2 aromatic rings. The summed E-state index contributed by atoms with van der Waals surface area (Å²) in [5.41, 5.74) is 2.42. The monoisotopic (exact) mass is 299 g/mol. The molecule has 0 saturated heterocycles. The van der Waals surface area contributed by atoms with Crippen LogP contribution in [0.2, 0.25) is 5.02 Å². The third kappa shape index (κ3) is 3.64. The number of hydrogen-bond donors (Lipinski definition) is 1. The molecular formula is C18H18ClNO. The summed E-state index contributed by atoms with van der Waals surface area (Å²) in [6, 6.07) is 18.0. The Morgan fingerprint density at radius 2 is 1.95 bits per heavy atom. The number of rotatable bonds is 5. The van der Waals surface area contributed by atoms with Gasteiger partial charge in [-0.1, -0.05) is 54.1 Å². The Balaban J connectivity index is 1.46. The van der Waals surface area contributed by atoms with E-state index in [9.17, 15) is 4.79 Å². The van der Waals surface area contributed by atoms with E-state index in [1.54, 1.807) is 0 Å². The summed E-state index contributed by atoms with van der Waals surface area (Å²) in [5, 5.41) is 3.77. The SMILES string of the molecule is O=C(NCCc1cccc(Cl)c1)C1CC1c1ccccc1. The van der Waals surface area contributed by atoms with Crippen molar-refractivity contribution in [1.29, 1.82) is 0 Å². The normalized spacial score (nSPS) is 20.0. The molecule has 1 aliphatic carbocycles. The first-order valence-corrected chi connectivity index (χ1v) is 7.69. The first-order chi connectivity index (χ1) is 10.2. The zero-order valence-electron chi connectivity index (χ0n) is 11.8. The van der Waals surface area contributed by atoms with Gasteiger partial charge in [-0.3, -0.25) is 4.79 Å². The van der Waals surface area contributed by atoms with Crippen molar-refractivity contribution in [2.75, 3.05) is 6.54 Å². The molecule has 1 aliphatic rings. The molecule has 0 aromatic heterocycles. The molecular weight excluding hydrogens is 282 g/mol. The van der Waals surface area contributed by atoms with Crippen LogP contribution in [0.3, 0.4) is 0 Å². The lowest BCUT2D eigenvalue weighted by molar-refractivity contribution is -0.122. The van der Waals surface area contributed by atoms with Crippen LogP contribution >= 0.6 is 11.6 Å². The van der Waals surface area contributed by atoms with Crippen LogP contribution in [0.15, 0.2) is 54.6 Å². The molecule has 2 aromatic carbocycles. The predicted octanol–water partition coefficient (Wildman–Crippen LogP) is 3.80. The fraction of sp³-hybridized carbons (Fsp3) is 0.278. The second-order valence-corrected chi connectivity index (χ2v) is 5.97. The lowest BCUT2D eigenvalue weighted by atomic mass is 10.1. The lowest BCUT2D eigenvalue weighted by Gasteiger charge is -2.05. The topological polar surface area (TPSA) is 29.1 Å². The van der Waals surface area contributed by atoms with Gasteiger partial charge < -0.3 is 5.32 Å². The molecule has 21 heavy (non-hydrogen) atoms. The molecule has 0 spiro atoms. The highest BCUT2D eigenvalue weighted by Gasteiger charge is 2.43. The maximum absolute atomic E-state index is 12.1. The first kappa shape index (κ1) is 14.2. The Bertz CT molecular complexity index is 626. The van der Waals surface area contributed by atoms with Crippen molar-refractivity contribution in [3.8, 4) is 0 Å². The van der Waals surface area contributed by atoms with Crippen molar-refractivity contribution >= 4 is 17.5 Å². The van der Waals surface area contributed by atoms with Gasteiger partial charge in [0.25, 0.3) is 0 Å². The largest absolute Gasteiger partial charge is 0.356 e. The average Bonchev–Trinajstić information content (AvgIpc) is 3.29. The summed E-state index contributed by atoms with van der Waals surface area (Å²) in [6.45, 7) is 0.664. The quantitative estimate of drug-likeness (QED) is 0.894. The van der Waals surface area contributed by atoms with Gasteiger partial charge in [0.1, 0.15) is 0 Å². The summed E-state index contributed by atoms with van der Waals surface area (Å²) in [7, 11) is 0. The maximum atomic E-state index is 12.1. The molecule has 0 radical (unpaired) electrons. The zero-order valence-corrected chi connectivity index (χ0v) is 12.5. The maximum Gasteiger partial charge on any atom is 0.223 e. The Kier molecular flexibility index (Phi) is 4.26. The average molecular weight is 300 g/mol. The minimum Gasteiger partial charge on any atom is -0.356 e. The summed E-state index contributed by atoms with van der Waals surface area (Å²) in [4.78, 5) is 12.1. The van der Waals surface area contributed by atoms with E-state index in [-0.39, 0.29) is 11.8 Å². The summed E-state index contributed by atoms with van der Waals surface area (Å²) in [6.07, 6.45) is 1.78. The number of halogens is 1. The van der Waals surface area contributed by atoms with E-state index in [1.165, 1.54) is 5.56 Å². The van der Waals surface area contributed by atoms with Gasteiger partial charge in [-0.05, 0) is 42.0 Å². The number of hydrogen-bond acceptors (Lipinski definition) is 1. The van der Waals surface area contributed by atoms with Gasteiger partial charge in [-0.2, -0.15) is 0 Å². The highest BCUT2D eigenvalue weighted by molar-refractivity contribution is 6.30. The smallest absolute Gasteiger partial charge is 0.223 e. The van der Waals surface area contributed by atoms with E-state index in [0.29, 0.717) is 12.5 Å². The molecule has 1 fully saturated rings. The van der Waals surface area contributed by atoms with Crippen molar-refractivity contribution in [2.45, 2.75) is 18.8 Å². The second kappa shape index (κ2) is 6.31. The number of nitrogens with one attached hydrogen (secondary N) is 1. The van der Waals surface area contributed by atoms with Crippen LogP contribution in [-0.2, 0) is 11.2 Å². The van der Waals surface area contributed by atoms with Gasteiger partial charge in [-0.25, -0.2) is 0 Å². The standard InChI is InChI=1S/C18H18ClNO/c19-15-8-4-5-13(11-15)9-10-20-18(21)17-12-16(17)14-6-2-1-3-7-14/h1-8,11,16-17H,9-10,12H2,(H,20,21). The number of carbonyl (C=O) groups excluding carboxylic acids is 1. The van der Waals surface area contributed by atoms with Crippen LogP contribution in [0.5, 0.6) is 0 Å². The molecule has 0 aliphatic heterocycles. The molecule has 1 amide bonds. The molecule has 108 valence electrons. The molecule has 3 heteroatoms. The predicted molar refractivity (Wildman–Crippen MR) is 85.5 cm³/mol. The highest BCUT2D eigenvalue weighted by Crippen LogP contribution is 2.47. The van der Waals surface area contributed by atoms with E-state index in [2.05, 4.69) is 17.4 Å². The Labute approximate surface area is 130 Å².